The minimum Gasteiger partial charge on any atom is -0.394 e. The summed E-state index contributed by atoms with van der Waals surface area (Å²) < 4.78 is 5.11. The van der Waals surface area contributed by atoms with Crippen molar-refractivity contribution >= 4 is 6.08 Å². The van der Waals surface area contributed by atoms with E-state index < -0.39 is 6.10 Å². The van der Waals surface area contributed by atoms with Crippen LogP contribution >= 0.6 is 0 Å². The number of rotatable bonds is 6. The van der Waals surface area contributed by atoms with Gasteiger partial charge in [-0.1, -0.05) is 42.5 Å². The molecule has 0 saturated carbocycles. The minimum atomic E-state index is -0.782. The Labute approximate surface area is 89.6 Å². The van der Waals surface area contributed by atoms with Gasteiger partial charge >= 0.3 is 0 Å². The summed E-state index contributed by atoms with van der Waals surface area (Å²) in [4.78, 5) is 0. The number of aliphatic hydroxyl groups is 2. The molecule has 82 valence electrons. The zero-order chi connectivity index (χ0) is 10.9. The highest BCUT2D eigenvalue weighted by Crippen LogP contribution is 2.00. The average Bonchev–Trinajstić information content (AvgIpc) is 2.29. The van der Waals surface area contributed by atoms with E-state index in [4.69, 9.17) is 14.9 Å². The molecule has 1 unspecified atom stereocenters. The van der Waals surface area contributed by atoms with Crippen LogP contribution in [0.2, 0.25) is 0 Å². The predicted molar refractivity (Wildman–Crippen MR) is 59.4 cm³/mol. The van der Waals surface area contributed by atoms with E-state index in [-0.39, 0.29) is 13.2 Å². The highest BCUT2D eigenvalue weighted by molar-refractivity contribution is 5.48. The van der Waals surface area contributed by atoms with Gasteiger partial charge in [-0.15, -0.1) is 0 Å². The lowest BCUT2D eigenvalue weighted by Gasteiger charge is -2.05. The molecule has 0 bridgehead atoms. The molecule has 15 heavy (non-hydrogen) atoms. The Morgan fingerprint density at radius 1 is 1.27 bits per heavy atom. The van der Waals surface area contributed by atoms with Crippen LogP contribution in [0.4, 0.5) is 0 Å². The van der Waals surface area contributed by atoms with Crippen LogP contribution in [-0.4, -0.2) is 36.1 Å². The Bertz CT molecular complexity index is 282. The van der Waals surface area contributed by atoms with E-state index in [0.717, 1.165) is 5.56 Å². The van der Waals surface area contributed by atoms with Gasteiger partial charge < -0.3 is 14.9 Å². The van der Waals surface area contributed by atoms with E-state index in [2.05, 4.69) is 0 Å². The highest BCUT2D eigenvalue weighted by atomic mass is 16.5. The predicted octanol–water partition coefficient (Wildman–Crippen LogP) is 1.07. The topological polar surface area (TPSA) is 49.7 Å². The summed E-state index contributed by atoms with van der Waals surface area (Å²) >= 11 is 0. The van der Waals surface area contributed by atoms with Gasteiger partial charge in [0.05, 0.1) is 19.8 Å². The van der Waals surface area contributed by atoms with Gasteiger partial charge in [0.2, 0.25) is 0 Å². The first kappa shape index (κ1) is 11.9. The van der Waals surface area contributed by atoms with Crippen LogP contribution in [0.15, 0.2) is 36.4 Å². The summed E-state index contributed by atoms with van der Waals surface area (Å²) in [6, 6.07) is 9.90. The third-order valence-corrected chi connectivity index (χ3v) is 1.84. The van der Waals surface area contributed by atoms with Gasteiger partial charge in [0.15, 0.2) is 0 Å². The Kier molecular flexibility index (Phi) is 5.70. The summed E-state index contributed by atoms with van der Waals surface area (Å²) in [5.41, 5.74) is 1.11. The molecule has 0 aromatic heterocycles. The molecule has 0 aliphatic rings. The van der Waals surface area contributed by atoms with Crippen molar-refractivity contribution in [2.24, 2.45) is 0 Å². The summed E-state index contributed by atoms with van der Waals surface area (Å²) in [5, 5.41) is 17.5. The molecule has 0 aliphatic heterocycles. The fourth-order valence-corrected chi connectivity index (χ4v) is 1.07. The number of aliphatic hydroxyl groups excluding tert-OH is 2. The van der Waals surface area contributed by atoms with E-state index in [9.17, 15) is 0 Å². The van der Waals surface area contributed by atoms with Gasteiger partial charge in [0.1, 0.15) is 6.10 Å². The zero-order valence-corrected chi connectivity index (χ0v) is 8.54. The highest BCUT2D eigenvalue weighted by Gasteiger charge is 1.99. The Hall–Kier alpha value is -1.16. The molecule has 0 heterocycles. The standard InChI is InChI=1S/C12H16O3/c13-9-12(14)10-15-8-4-7-11-5-2-1-3-6-11/h1-7,12-14H,8-10H2/b7-4+. The lowest BCUT2D eigenvalue weighted by atomic mass is 10.2. The van der Waals surface area contributed by atoms with Crippen LogP contribution in [0.25, 0.3) is 6.08 Å². The van der Waals surface area contributed by atoms with Gasteiger partial charge in [0, 0.05) is 0 Å². The van der Waals surface area contributed by atoms with Gasteiger partial charge in [0.25, 0.3) is 0 Å². The van der Waals surface area contributed by atoms with Crippen LogP contribution in [0.1, 0.15) is 5.56 Å². The van der Waals surface area contributed by atoms with Crippen molar-refractivity contribution in [3.63, 3.8) is 0 Å². The van der Waals surface area contributed by atoms with Gasteiger partial charge in [-0.2, -0.15) is 0 Å². The lowest BCUT2D eigenvalue weighted by molar-refractivity contribution is 0.0151. The van der Waals surface area contributed by atoms with Crippen molar-refractivity contribution in [1.82, 2.24) is 0 Å². The molecule has 0 spiro atoms. The van der Waals surface area contributed by atoms with Crippen LogP contribution in [0.3, 0.4) is 0 Å². The van der Waals surface area contributed by atoms with Crippen molar-refractivity contribution in [3.05, 3.63) is 42.0 Å². The number of hydrogen-bond acceptors (Lipinski definition) is 3. The fraction of sp³-hybridized carbons (Fsp3) is 0.333. The van der Waals surface area contributed by atoms with Crippen LogP contribution < -0.4 is 0 Å². The first-order chi connectivity index (χ1) is 7.33. The number of ether oxygens (including phenoxy) is 1. The average molecular weight is 208 g/mol. The van der Waals surface area contributed by atoms with Crippen molar-refractivity contribution < 1.29 is 14.9 Å². The molecule has 2 N–H and O–H groups in total. The Morgan fingerprint density at radius 3 is 2.67 bits per heavy atom. The molecule has 3 heteroatoms. The second kappa shape index (κ2) is 7.17. The van der Waals surface area contributed by atoms with Gasteiger partial charge in [-0.05, 0) is 5.56 Å². The molecule has 0 amide bonds. The number of hydrogen-bond donors (Lipinski definition) is 2. The van der Waals surface area contributed by atoms with Gasteiger partial charge in [-0.3, -0.25) is 0 Å². The maximum absolute atomic E-state index is 8.98. The summed E-state index contributed by atoms with van der Waals surface area (Å²) in [7, 11) is 0. The summed E-state index contributed by atoms with van der Waals surface area (Å²) in [6.07, 6.45) is 3.04. The monoisotopic (exact) mass is 208 g/mol. The Morgan fingerprint density at radius 2 is 2.00 bits per heavy atom. The lowest BCUT2D eigenvalue weighted by Crippen LogP contribution is -2.19. The molecule has 0 radical (unpaired) electrons. The molecule has 0 fully saturated rings. The van der Waals surface area contributed by atoms with E-state index in [1.807, 2.05) is 42.5 Å². The second-order valence-electron chi connectivity index (χ2n) is 3.19. The maximum Gasteiger partial charge on any atom is 0.100 e. The van der Waals surface area contributed by atoms with E-state index in [0.29, 0.717) is 6.61 Å². The first-order valence-electron chi connectivity index (χ1n) is 4.91. The molecule has 1 atom stereocenters. The molecule has 0 saturated heterocycles. The second-order valence-corrected chi connectivity index (χ2v) is 3.19. The third-order valence-electron chi connectivity index (χ3n) is 1.84. The van der Waals surface area contributed by atoms with Crippen LogP contribution in [0, 0.1) is 0 Å². The molecular formula is C12H16O3. The summed E-state index contributed by atoms with van der Waals surface area (Å²) in [6.45, 7) is 0.337. The molecule has 0 aliphatic carbocycles. The van der Waals surface area contributed by atoms with Crippen molar-refractivity contribution in [1.29, 1.82) is 0 Å². The largest absolute Gasteiger partial charge is 0.394 e. The van der Waals surface area contributed by atoms with Crippen molar-refractivity contribution in [2.75, 3.05) is 19.8 Å². The zero-order valence-electron chi connectivity index (χ0n) is 8.54. The van der Waals surface area contributed by atoms with Crippen LogP contribution in [0.5, 0.6) is 0 Å². The molecule has 1 aromatic carbocycles. The third kappa shape index (κ3) is 5.32. The molecule has 1 rings (SSSR count). The SMILES string of the molecule is OCC(O)COC/C=C/c1ccccc1. The summed E-state index contributed by atoms with van der Waals surface area (Å²) in [5.74, 6) is 0. The quantitative estimate of drug-likeness (QED) is 0.687. The van der Waals surface area contributed by atoms with Crippen molar-refractivity contribution in [3.8, 4) is 0 Å². The minimum absolute atomic E-state index is 0.162. The van der Waals surface area contributed by atoms with E-state index in [1.54, 1.807) is 0 Å². The fourth-order valence-electron chi connectivity index (χ4n) is 1.07. The van der Waals surface area contributed by atoms with Gasteiger partial charge in [-0.25, -0.2) is 0 Å². The molecule has 3 nitrogen and oxygen atoms in total. The van der Waals surface area contributed by atoms with E-state index >= 15 is 0 Å². The smallest absolute Gasteiger partial charge is 0.100 e. The van der Waals surface area contributed by atoms with E-state index in [1.165, 1.54) is 0 Å². The normalized spacial score (nSPS) is 13.2. The first-order valence-corrected chi connectivity index (χ1v) is 4.91. The maximum atomic E-state index is 8.98. The van der Waals surface area contributed by atoms with Crippen LogP contribution in [-0.2, 0) is 4.74 Å². The number of benzene rings is 1. The molecular weight excluding hydrogens is 192 g/mol. The van der Waals surface area contributed by atoms with Crippen molar-refractivity contribution in [2.45, 2.75) is 6.10 Å². The molecule has 1 aromatic rings. The Balaban J connectivity index is 2.18.